The van der Waals surface area contributed by atoms with Crippen LogP contribution in [0.2, 0.25) is 0 Å². The predicted molar refractivity (Wildman–Crippen MR) is 81.3 cm³/mol. The van der Waals surface area contributed by atoms with Gasteiger partial charge in [-0.3, -0.25) is 4.98 Å². The molecule has 2 aromatic heterocycles. The maximum Gasteiger partial charge on any atom is 0.322 e. The molecule has 0 spiro atoms. The summed E-state index contributed by atoms with van der Waals surface area (Å²) < 4.78 is 4.89. The number of urea groups is 1. The molecule has 0 bridgehead atoms. The van der Waals surface area contributed by atoms with E-state index >= 15 is 0 Å². The van der Waals surface area contributed by atoms with Gasteiger partial charge in [-0.2, -0.15) is 4.98 Å². The molecule has 2 heterocycles. The van der Waals surface area contributed by atoms with Gasteiger partial charge in [-0.05, 0) is 12.1 Å². The molecule has 1 N–H and O–H groups in total. The monoisotopic (exact) mass is 297 g/mol. The van der Waals surface area contributed by atoms with Gasteiger partial charge in [-0.25, -0.2) is 4.79 Å². The van der Waals surface area contributed by atoms with Gasteiger partial charge in [0.05, 0.1) is 12.2 Å². The number of carbonyl (C=O) groups is 1. The third-order valence-corrected chi connectivity index (χ3v) is 3.22. The first-order valence-electron chi connectivity index (χ1n) is 6.77. The van der Waals surface area contributed by atoms with Crippen molar-refractivity contribution in [1.29, 1.82) is 0 Å². The molecule has 0 fully saturated rings. The molecule has 0 aliphatic carbocycles. The number of rotatable bonds is 3. The van der Waals surface area contributed by atoms with Crippen molar-refractivity contribution >= 4 is 22.5 Å². The van der Waals surface area contributed by atoms with Crippen molar-refractivity contribution in [3.8, 4) is 0 Å². The van der Waals surface area contributed by atoms with Crippen molar-refractivity contribution in [2.75, 3.05) is 12.4 Å². The van der Waals surface area contributed by atoms with Gasteiger partial charge in [0.2, 0.25) is 5.89 Å². The smallest absolute Gasteiger partial charge is 0.322 e. The van der Waals surface area contributed by atoms with Crippen LogP contribution in [-0.2, 0) is 6.54 Å². The molecule has 0 saturated carbocycles. The summed E-state index contributed by atoms with van der Waals surface area (Å²) in [4.78, 5) is 21.9. The van der Waals surface area contributed by atoms with Crippen LogP contribution in [0.1, 0.15) is 11.7 Å². The Morgan fingerprint density at radius 1 is 1.36 bits per heavy atom. The molecule has 2 amide bonds. The quantitative estimate of drug-likeness (QED) is 0.803. The molecule has 112 valence electrons. The lowest BCUT2D eigenvalue weighted by molar-refractivity contribution is 0.219. The van der Waals surface area contributed by atoms with Gasteiger partial charge in [-0.15, -0.1) is 0 Å². The van der Waals surface area contributed by atoms with Gasteiger partial charge in [0.25, 0.3) is 0 Å². The molecule has 0 unspecified atom stereocenters. The number of anilines is 1. The summed E-state index contributed by atoms with van der Waals surface area (Å²) in [5, 5.41) is 8.57. The SMILES string of the molecule is Cc1nc(CN(C)C(=O)Nc2cccc3cnccc23)no1. The van der Waals surface area contributed by atoms with Crippen LogP contribution >= 0.6 is 0 Å². The van der Waals surface area contributed by atoms with Crippen molar-refractivity contribution in [3.05, 3.63) is 48.4 Å². The van der Waals surface area contributed by atoms with Gasteiger partial charge in [0.15, 0.2) is 5.82 Å². The fourth-order valence-corrected chi connectivity index (χ4v) is 2.13. The standard InChI is InChI=1S/C15H15N5O2/c1-10-17-14(19-22-10)9-20(2)15(21)18-13-5-3-4-11-8-16-7-6-12(11)13/h3-8H,9H2,1-2H3,(H,18,21). The Morgan fingerprint density at radius 2 is 2.23 bits per heavy atom. The molecule has 7 nitrogen and oxygen atoms in total. The van der Waals surface area contributed by atoms with Crippen LogP contribution in [0.5, 0.6) is 0 Å². The number of hydrogen-bond acceptors (Lipinski definition) is 5. The van der Waals surface area contributed by atoms with Crippen LogP contribution < -0.4 is 5.32 Å². The fourth-order valence-electron chi connectivity index (χ4n) is 2.13. The zero-order valence-electron chi connectivity index (χ0n) is 12.3. The lowest BCUT2D eigenvalue weighted by atomic mass is 10.1. The second-order valence-corrected chi connectivity index (χ2v) is 4.92. The number of carbonyl (C=O) groups excluding carboxylic acids is 1. The number of fused-ring (bicyclic) bond motifs is 1. The van der Waals surface area contributed by atoms with Crippen molar-refractivity contribution in [2.45, 2.75) is 13.5 Å². The van der Waals surface area contributed by atoms with Gasteiger partial charge in [-0.1, -0.05) is 17.3 Å². The van der Waals surface area contributed by atoms with E-state index in [4.69, 9.17) is 4.52 Å². The molecular weight excluding hydrogens is 282 g/mol. The van der Waals surface area contributed by atoms with Crippen molar-refractivity contribution in [2.24, 2.45) is 0 Å². The minimum absolute atomic E-state index is 0.244. The molecule has 0 aliphatic rings. The van der Waals surface area contributed by atoms with Crippen LogP contribution in [0.25, 0.3) is 10.8 Å². The van der Waals surface area contributed by atoms with Gasteiger partial charge >= 0.3 is 6.03 Å². The minimum atomic E-state index is -0.244. The molecule has 3 rings (SSSR count). The second-order valence-electron chi connectivity index (χ2n) is 4.92. The van der Waals surface area contributed by atoms with Crippen LogP contribution in [0.4, 0.5) is 10.5 Å². The van der Waals surface area contributed by atoms with Gasteiger partial charge in [0.1, 0.15) is 0 Å². The summed E-state index contributed by atoms with van der Waals surface area (Å²) in [7, 11) is 1.67. The van der Waals surface area contributed by atoms with Crippen molar-refractivity contribution in [3.63, 3.8) is 0 Å². The number of aryl methyl sites for hydroxylation is 1. The van der Waals surface area contributed by atoms with Crippen molar-refractivity contribution < 1.29 is 9.32 Å². The van der Waals surface area contributed by atoms with E-state index < -0.39 is 0 Å². The highest BCUT2D eigenvalue weighted by Crippen LogP contribution is 2.22. The Balaban J connectivity index is 1.75. The third kappa shape index (κ3) is 2.88. The number of hydrogen-bond donors (Lipinski definition) is 1. The van der Waals surface area contributed by atoms with Crippen molar-refractivity contribution in [1.82, 2.24) is 20.0 Å². The normalized spacial score (nSPS) is 10.6. The molecule has 1 aromatic carbocycles. The maximum atomic E-state index is 12.3. The Kier molecular flexibility index (Phi) is 3.69. The third-order valence-electron chi connectivity index (χ3n) is 3.22. The molecule has 0 radical (unpaired) electrons. The van der Waals surface area contributed by atoms with E-state index in [1.54, 1.807) is 26.4 Å². The van der Waals surface area contributed by atoms with E-state index in [-0.39, 0.29) is 12.6 Å². The molecular formula is C15H15N5O2. The number of benzene rings is 1. The maximum absolute atomic E-state index is 12.3. The van der Waals surface area contributed by atoms with Crippen LogP contribution in [-0.4, -0.2) is 33.1 Å². The summed E-state index contributed by atoms with van der Waals surface area (Å²) in [6.07, 6.45) is 3.46. The zero-order valence-corrected chi connectivity index (χ0v) is 12.3. The number of pyridine rings is 1. The predicted octanol–water partition coefficient (Wildman–Crippen LogP) is 2.59. The molecule has 0 aliphatic heterocycles. The van der Waals surface area contributed by atoms with E-state index in [1.165, 1.54) is 4.90 Å². The Bertz CT molecular complexity index is 809. The summed E-state index contributed by atoms with van der Waals surface area (Å²) in [6, 6.07) is 7.30. The van der Waals surface area contributed by atoms with Gasteiger partial charge in [0, 0.05) is 37.1 Å². The zero-order chi connectivity index (χ0) is 15.5. The first-order chi connectivity index (χ1) is 10.6. The molecule has 0 atom stereocenters. The number of nitrogens with one attached hydrogen (secondary N) is 1. The first kappa shape index (κ1) is 14.0. The highest BCUT2D eigenvalue weighted by Gasteiger charge is 2.13. The average Bonchev–Trinajstić information content (AvgIpc) is 2.92. The van der Waals surface area contributed by atoms with E-state index in [0.29, 0.717) is 11.7 Å². The molecule has 3 aromatic rings. The minimum Gasteiger partial charge on any atom is -0.340 e. The molecule has 22 heavy (non-hydrogen) atoms. The van der Waals surface area contributed by atoms with E-state index in [9.17, 15) is 4.79 Å². The number of nitrogens with zero attached hydrogens (tertiary/aromatic N) is 4. The van der Waals surface area contributed by atoms with E-state index in [2.05, 4.69) is 20.4 Å². The lowest BCUT2D eigenvalue weighted by Crippen LogP contribution is -2.31. The highest BCUT2D eigenvalue weighted by molar-refractivity contribution is 6.01. The van der Waals surface area contributed by atoms with E-state index in [1.807, 2.05) is 24.3 Å². The fraction of sp³-hybridized carbons (Fsp3) is 0.200. The largest absolute Gasteiger partial charge is 0.340 e. The van der Waals surface area contributed by atoms with Gasteiger partial charge < -0.3 is 14.7 Å². The summed E-state index contributed by atoms with van der Waals surface area (Å²) in [5.74, 6) is 0.947. The summed E-state index contributed by atoms with van der Waals surface area (Å²) in [6.45, 7) is 1.98. The lowest BCUT2D eigenvalue weighted by Gasteiger charge is -2.17. The topological polar surface area (TPSA) is 84.2 Å². The highest BCUT2D eigenvalue weighted by atomic mass is 16.5. The summed E-state index contributed by atoms with van der Waals surface area (Å²) >= 11 is 0. The molecule has 7 heteroatoms. The second kappa shape index (κ2) is 5.80. The number of amides is 2. The van der Waals surface area contributed by atoms with Crippen LogP contribution in [0.3, 0.4) is 0 Å². The average molecular weight is 297 g/mol. The Morgan fingerprint density at radius 3 is 3.00 bits per heavy atom. The van der Waals surface area contributed by atoms with Crippen LogP contribution in [0.15, 0.2) is 41.2 Å². The number of aromatic nitrogens is 3. The Labute approximate surface area is 127 Å². The first-order valence-corrected chi connectivity index (χ1v) is 6.77. The van der Waals surface area contributed by atoms with E-state index in [0.717, 1.165) is 16.5 Å². The van der Waals surface area contributed by atoms with Crippen LogP contribution in [0, 0.1) is 6.92 Å². The molecule has 0 saturated heterocycles. The Hall–Kier alpha value is -2.96. The summed E-state index contributed by atoms with van der Waals surface area (Å²) in [5.41, 5.74) is 0.737.